The highest BCUT2D eigenvalue weighted by Crippen LogP contribution is 2.35. The lowest BCUT2D eigenvalue weighted by Crippen LogP contribution is -2.27. The van der Waals surface area contributed by atoms with Crippen molar-refractivity contribution >= 4 is 17.7 Å². The Labute approximate surface area is 198 Å². The number of rotatable bonds is 15. The molecule has 0 aliphatic carbocycles. The average molecular weight is 470 g/mol. The second-order valence-electron chi connectivity index (χ2n) is 8.00. The van der Waals surface area contributed by atoms with Gasteiger partial charge in [-0.15, -0.1) is 22.0 Å². The molecule has 2 heterocycles. The molecule has 0 aliphatic rings. The molecule has 3 rings (SSSR count). The van der Waals surface area contributed by atoms with Crippen LogP contribution in [0.25, 0.3) is 0 Å². The molecule has 0 fully saturated rings. The number of aromatic nitrogens is 5. The summed E-state index contributed by atoms with van der Waals surface area (Å²) < 4.78 is 0. The molecule has 0 spiro atoms. The number of benzene rings is 1. The Morgan fingerprint density at radius 2 is 1.70 bits per heavy atom. The summed E-state index contributed by atoms with van der Waals surface area (Å²) in [6, 6.07) is 14.4. The van der Waals surface area contributed by atoms with Crippen LogP contribution in [0.5, 0.6) is 0 Å². The third-order valence-corrected chi connectivity index (χ3v) is 6.79. The maximum atomic E-state index is 11.5. The van der Waals surface area contributed by atoms with Crippen LogP contribution < -0.4 is 0 Å². The van der Waals surface area contributed by atoms with Gasteiger partial charge in [-0.1, -0.05) is 67.3 Å². The number of carbonyl (C=O) groups is 1. The van der Waals surface area contributed by atoms with Crippen LogP contribution in [0.3, 0.4) is 0 Å². The molecule has 0 saturated carbocycles. The van der Waals surface area contributed by atoms with Gasteiger partial charge in [0.15, 0.2) is 11.9 Å². The molecule has 8 nitrogen and oxygen atoms in total. The maximum absolute atomic E-state index is 11.5. The van der Waals surface area contributed by atoms with Crippen molar-refractivity contribution in [1.29, 1.82) is 0 Å². The molecule has 3 aromatic rings. The Hall–Kier alpha value is -2.78. The molecular weight excluding hydrogens is 438 g/mol. The number of aliphatic hydroxyl groups excluding tert-OH is 1. The summed E-state index contributed by atoms with van der Waals surface area (Å²) in [5.74, 6) is -0.495. The number of nitrogens with zero attached hydrogens (tertiary/aromatic N) is 4. The van der Waals surface area contributed by atoms with Crippen molar-refractivity contribution in [1.82, 2.24) is 25.6 Å². The Balaban J connectivity index is 1.46. The Bertz CT molecular complexity index is 956. The number of H-pyrrole nitrogens is 1. The number of carboxylic acid groups (broad SMARTS) is 1. The standard InChI is InChI=1S/C24H31N5O3S/c30-22(24(31)32)23(33-17-20-26-28-29-27-20)21-19(15-10-16-25-21)14-9-4-2-1-3-6-11-18-12-7-5-8-13-18/h5,7-8,10,12-13,15-16,22-23,30H,1-4,6,9,11,14,17H2,(H,31,32)(H,26,27,28,29). The molecular formula is C24H31N5O3S. The summed E-state index contributed by atoms with van der Waals surface area (Å²) in [5, 5.41) is 32.7. The van der Waals surface area contributed by atoms with Crippen molar-refractivity contribution in [2.24, 2.45) is 0 Å². The Kier molecular flexibility index (Phi) is 10.3. The Morgan fingerprint density at radius 3 is 2.39 bits per heavy atom. The van der Waals surface area contributed by atoms with Gasteiger partial charge in [0.05, 0.1) is 16.7 Å². The van der Waals surface area contributed by atoms with Gasteiger partial charge < -0.3 is 10.2 Å². The number of aryl methyl sites for hydroxylation is 2. The fourth-order valence-electron chi connectivity index (χ4n) is 3.77. The highest BCUT2D eigenvalue weighted by Gasteiger charge is 2.31. The Morgan fingerprint density at radius 1 is 0.970 bits per heavy atom. The van der Waals surface area contributed by atoms with Crippen LogP contribution in [0.2, 0.25) is 0 Å². The monoisotopic (exact) mass is 469 g/mol. The molecule has 0 bridgehead atoms. The summed E-state index contributed by atoms with van der Waals surface area (Å²) in [6.45, 7) is 0. The molecule has 2 atom stereocenters. The third kappa shape index (κ3) is 8.25. The lowest BCUT2D eigenvalue weighted by molar-refractivity contribution is -0.146. The van der Waals surface area contributed by atoms with E-state index < -0.39 is 17.3 Å². The highest BCUT2D eigenvalue weighted by molar-refractivity contribution is 7.98. The number of carboxylic acids is 1. The number of hydrogen-bond acceptors (Lipinski definition) is 7. The summed E-state index contributed by atoms with van der Waals surface area (Å²) in [5.41, 5.74) is 2.99. The zero-order chi connectivity index (χ0) is 23.3. The number of tetrazole rings is 1. The van der Waals surface area contributed by atoms with Crippen LogP contribution in [-0.2, 0) is 23.4 Å². The van der Waals surface area contributed by atoms with Gasteiger partial charge in [-0.05, 0) is 42.9 Å². The SMILES string of the molecule is O=C(O)C(O)C(SCc1nn[nH]n1)c1ncccc1CCCCCCCCc1ccccc1. The van der Waals surface area contributed by atoms with Crippen molar-refractivity contribution in [3.05, 3.63) is 71.3 Å². The van der Waals surface area contributed by atoms with Crippen molar-refractivity contribution in [3.63, 3.8) is 0 Å². The first-order valence-electron chi connectivity index (χ1n) is 11.4. The first-order valence-corrected chi connectivity index (χ1v) is 12.4. The van der Waals surface area contributed by atoms with Gasteiger partial charge in [0, 0.05) is 6.20 Å². The quantitative estimate of drug-likeness (QED) is 0.284. The van der Waals surface area contributed by atoms with Crippen LogP contribution in [0.15, 0.2) is 48.7 Å². The zero-order valence-corrected chi connectivity index (χ0v) is 19.5. The van der Waals surface area contributed by atoms with Crippen molar-refractivity contribution in [2.75, 3.05) is 0 Å². The number of aliphatic carboxylic acids is 1. The van der Waals surface area contributed by atoms with E-state index in [0.717, 1.165) is 31.2 Å². The van der Waals surface area contributed by atoms with Gasteiger partial charge in [0.2, 0.25) is 0 Å². The van der Waals surface area contributed by atoms with Crippen LogP contribution in [0.1, 0.15) is 66.4 Å². The topological polar surface area (TPSA) is 125 Å². The van der Waals surface area contributed by atoms with E-state index in [9.17, 15) is 15.0 Å². The van der Waals surface area contributed by atoms with E-state index in [0.29, 0.717) is 17.3 Å². The molecule has 0 amide bonds. The van der Waals surface area contributed by atoms with Crippen molar-refractivity contribution in [2.45, 2.75) is 68.5 Å². The summed E-state index contributed by atoms with van der Waals surface area (Å²) in [4.78, 5) is 16.0. The smallest absolute Gasteiger partial charge is 0.334 e. The van der Waals surface area contributed by atoms with E-state index in [-0.39, 0.29) is 0 Å². The van der Waals surface area contributed by atoms with Gasteiger partial charge in [-0.2, -0.15) is 5.21 Å². The molecule has 0 saturated heterocycles. The molecule has 3 N–H and O–H groups in total. The van der Waals surface area contributed by atoms with Gasteiger partial charge >= 0.3 is 5.97 Å². The number of hydrogen-bond donors (Lipinski definition) is 3. The third-order valence-electron chi connectivity index (χ3n) is 5.52. The largest absolute Gasteiger partial charge is 0.479 e. The second-order valence-corrected chi connectivity index (χ2v) is 9.13. The molecule has 9 heteroatoms. The number of aromatic amines is 1. The molecule has 2 aromatic heterocycles. The van der Waals surface area contributed by atoms with E-state index in [1.807, 2.05) is 18.2 Å². The summed E-state index contributed by atoms with van der Waals surface area (Å²) >= 11 is 1.26. The van der Waals surface area contributed by atoms with E-state index in [1.165, 1.54) is 43.0 Å². The number of thioether (sulfide) groups is 1. The molecule has 33 heavy (non-hydrogen) atoms. The van der Waals surface area contributed by atoms with Crippen LogP contribution in [-0.4, -0.2) is 47.9 Å². The second kappa shape index (κ2) is 13.7. The normalized spacial score (nSPS) is 13.0. The lowest BCUT2D eigenvalue weighted by Gasteiger charge is -2.21. The van der Waals surface area contributed by atoms with E-state index >= 15 is 0 Å². The van der Waals surface area contributed by atoms with Gasteiger partial charge in [-0.25, -0.2) is 4.79 Å². The number of nitrogens with one attached hydrogen (secondary N) is 1. The van der Waals surface area contributed by atoms with E-state index in [4.69, 9.17) is 0 Å². The maximum Gasteiger partial charge on any atom is 0.334 e. The highest BCUT2D eigenvalue weighted by atomic mass is 32.2. The minimum absolute atomic E-state index is 0.324. The minimum atomic E-state index is -1.57. The van der Waals surface area contributed by atoms with Crippen molar-refractivity contribution < 1.29 is 15.0 Å². The summed E-state index contributed by atoms with van der Waals surface area (Å²) in [7, 11) is 0. The van der Waals surface area contributed by atoms with E-state index in [1.54, 1.807) is 6.20 Å². The minimum Gasteiger partial charge on any atom is -0.479 e. The van der Waals surface area contributed by atoms with Gasteiger partial charge in [0.1, 0.15) is 0 Å². The summed E-state index contributed by atoms with van der Waals surface area (Å²) in [6.07, 6.45) is 8.96. The predicted octanol–water partition coefficient (Wildman–Crippen LogP) is 4.14. The predicted molar refractivity (Wildman–Crippen MR) is 128 cm³/mol. The fourth-order valence-corrected chi connectivity index (χ4v) is 4.89. The number of aliphatic hydroxyl groups is 1. The van der Waals surface area contributed by atoms with E-state index in [2.05, 4.69) is 49.9 Å². The fraction of sp³-hybridized carbons (Fsp3) is 0.458. The molecule has 1 aromatic carbocycles. The molecule has 0 aliphatic heterocycles. The number of pyridine rings is 1. The van der Waals surface area contributed by atoms with Crippen LogP contribution >= 0.6 is 11.8 Å². The van der Waals surface area contributed by atoms with Crippen LogP contribution in [0, 0.1) is 0 Å². The lowest BCUT2D eigenvalue weighted by atomic mass is 10.00. The zero-order valence-electron chi connectivity index (χ0n) is 18.6. The van der Waals surface area contributed by atoms with Crippen molar-refractivity contribution in [3.8, 4) is 0 Å². The first kappa shape index (κ1) is 24.9. The molecule has 176 valence electrons. The average Bonchev–Trinajstić information content (AvgIpc) is 3.36. The van der Waals surface area contributed by atoms with Gasteiger partial charge in [0.25, 0.3) is 0 Å². The first-order chi connectivity index (χ1) is 16.1. The van der Waals surface area contributed by atoms with Gasteiger partial charge in [-0.3, -0.25) is 4.98 Å². The van der Waals surface area contributed by atoms with Crippen LogP contribution in [0.4, 0.5) is 0 Å². The molecule has 2 unspecified atom stereocenters. The molecule has 0 radical (unpaired) electrons. The number of unbranched alkanes of at least 4 members (excludes halogenated alkanes) is 5.